The number of hydrogen-bond acceptors (Lipinski definition) is 4. The summed E-state index contributed by atoms with van der Waals surface area (Å²) in [6.07, 6.45) is 1.61. The van der Waals surface area contributed by atoms with Crippen LogP contribution in [0.3, 0.4) is 0 Å². The number of rotatable bonds is 3. The summed E-state index contributed by atoms with van der Waals surface area (Å²) in [7, 11) is 0. The van der Waals surface area contributed by atoms with Crippen LogP contribution in [0.2, 0.25) is 5.02 Å². The molecular formula is C19H17ClFN5O. The molecule has 6 nitrogen and oxygen atoms in total. The van der Waals surface area contributed by atoms with E-state index in [0.717, 1.165) is 11.4 Å². The van der Waals surface area contributed by atoms with Crippen LogP contribution < -0.4 is 4.90 Å². The van der Waals surface area contributed by atoms with Crippen LogP contribution in [0, 0.1) is 5.82 Å². The normalized spacial score (nSPS) is 14.4. The van der Waals surface area contributed by atoms with Crippen LogP contribution in [0.5, 0.6) is 0 Å². The molecule has 0 N–H and O–H groups in total. The highest BCUT2D eigenvalue weighted by atomic mass is 35.5. The zero-order valence-corrected chi connectivity index (χ0v) is 15.2. The largest absolute Gasteiger partial charge is 0.368 e. The third-order valence-corrected chi connectivity index (χ3v) is 4.78. The van der Waals surface area contributed by atoms with Crippen molar-refractivity contribution in [2.24, 2.45) is 0 Å². The zero-order chi connectivity index (χ0) is 18.8. The Bertz CT molecular complexity index is 951. The van der Waals surface area contributed by atoms with E-state index in [2.05, 4.69) is 15.2 Å². The molecule has 1 aliphatic heterocycles. The Kier molecular flexibility index (Phi) is 4.77. The van der Waals surface area contributed by atoms with E-state index in [9.17, 15) is 9.18 Å². The van der Waals surface area contributed by atoms with E-state index in [1.165, 1.54) is 16.8 Å². The van der Waals surface area contributed by atoms with Crippen molar-refractivity contribution >= 4 is 23.2 Å². The van der Waals surface area contributed by atoms with Crippen molar-refractivity contribution in [3.05, 3.63) is 71.3 Å². The highest BCUT2D eigenvalue weighted by Gasteiger charge is 2.24. The van der Waals surface area contributed by atoms with E-state index in [-0.39, 0.29) is 11.7 Å². The second kappa shape index (κ2) is 7.36. The maximum absolute atomic E-state index is 13.1. The first-order valence-electron chi connectivity index (χ1n) is 8.58. The average molecular weight is 386 g/mol. The van der Waals surface area contributed by atoms with Crippen molar-refractivity contribution in [2.45, 2.75) is 0 Å². The highest BCUT2D eigenvalue weighted by Crippen LogP contribution is 2.18. The number of carbonyl (C=O) groups excluding carboxylic acids is 1. The van der Waals surface area contributed by atoms with Crippen LogP contribution in [-0.2, 0) is 0 Å². The molecule has 1 aliphatic rings. The first kappa shape index (κ1) is 17.5. The SMILES string of the molecule is O=C(c1cn(-c2cccc(Cl)c2)nn1)N1CCN(c2ccc(F)cc2)CC1. The average Bonchev–Trinajstić information content (AvgIpc) is 3.18. The predicted molar refractivity (Wildman–Crippen MR) is 101 cm³/mol. The summed E-state index contributed by atoms with van der Waals surface area (Å²) in [5, 5.41) is 8.63. The number of piperazine rings is 1. The molecule has 1 fully saturated rings. The molecule has 2 aromatic carbocycles. The standard InChI is InChI=1S/C19H17ClFN5O/c20-14-2-1-3-17(12-14)26-13-18(22-23-26)19(27)25-10-8-24(9-11-25)16-6-4-15(21)5-7-16/h1-7,12-13H,8-11H2. The minimum Gasteiger partial charge on any atom is -0.368 e. The van der Waals surface area contributed by atoms with Gasteiger partial charge < -0.3 is 9.80 Å². The van der Waals surface area contributed by atoms with Crippen molar-refractivity contribution in [1.82, 2.24) is 19.9 Å². The molecule has 0 saturated carbocycles. The monoisotopic (exact) mass is 385 g/mol. The Labute approximate surface area is 160 Å². The zero-order valence-electron chi connectivity index (χ0n) is 14.4. The Morgan fingerprint density at radius 3 is 2.44 bits per heavy atom. The molecule has 27 heavy (non-hydrogen) atoms. The Balaban J connectivity index is 1.42. The molecule has 3 aromatic rings. The number of hydrogen-bond donors (Lipinski definition) is 0. The van der Waals surface area contributed by atoms with E-state index < -0.39 is 0 Å². The van der Waals surface area contributed by atoms with Gasteiger partial charge in [-0.25, -0.2) is 9.07 Å². The van der Waals surface area contributed by atoms with E-state index in [1.807, 2.05) is 12.1 Å². The number of carbonyl (C=O) groups is 1. The second-order valence-electron chi connectivity index (χ2n) is 6.28. The summed E-state index contributed by atoms with van der Waals surface area (Å²) >= 11 is 6.00. The van der Waals surface area contributed by atoms with Crippen molar-refractivity contribution in [3.8, 4) is 5.69 Å². The van der Waals surface area contributed by atoms with Gasteiger partial charge in [-0.2, -0.15) is 0 Å². The van der Waals surface area contributed by atoms with E-state index in [1.54, 1.807) is 35.4 Å². The van der Waals surface area contributed by atoms with Gasteiger partial charge in [0.15, 0.2) is 5.69 Å². The molecule has 1 saturated heterocycles. The summed E-state index contributed by atoms with van der Waals surface area (Å²) in [6, 6.07) is 13.6. The Morgan fingerprint density at radius 1 is 1.00 bits per heavy atom. The van der Waals surface area contributed by atoms with Gasteiger partial charge in [0.2, 0.25) is 0 Å². The molecule has 0 atom stereocenters. The highest BCUT2D eigenvalue weighted by molar-refractivity contribution is 6.30. The second-order valence-corrected chi connectivity index (χ2v) is 6.72. The maximum Gasteiger partial charge on any atom is 0.276 e. The molecule has 1 amide bonds. The molecule has 0 radical (unpaired) electrons. The van der Waals surface area contributed by atoms with E-state index in [0.29, 0.717) is 36.9 Å². The Morgan fingerprint density at radius 2 is 1.74 bits per heavy atom. The molecule has 0 spiro atoms. The molecule has 2 heterocycles. The smallest absolute Gasteiger partial charge is 0.276 e. The molecule has 0 bridgehead atoms. The fourth-order valence-electron chi connectivity index (χ4n) is 3.09. The van der Waals surface area contributed by atoms with Gasteiger partial charge >= 0.3 is 0 Å². The number of aromatic nitrogens is 3. The lowest BCUT2D eigenvalue weighted by molar-refractivity contribution is 0.0741. The predicted octanol–water partition coefficient (Wildman–Crippen LogP) is 3.02. The summed E-state index contributed by atoms with van der Waals surface area (Å²) in [4.78, 5) is 16.6. The van der Waals surface area contributed by atoms with Crippen molar-refractivity contribution in [1.29, 1.82) is 0 Å². The molecule has 138 valence electrons. The first-order valence-corrected chi connectivity index (χ1v) is 8.96. The summed E-state index contributed by atoms with van der Waals surface area (Å²) in [5.41, 5.74) is 2.00. The molecule has 0 aliphatic carbocycles. The molecule has 8 heteroatoms. The van der Waals surface area contributed by atoms with Gasteiger partial charge in [0.25, 0.3) is 5.91 Å². The number of halogens is 2. The van der Waals surface area contributed by atoms with Gasteiger partial charge in [-0.1, -0.05) is 22.9 Å². The van der Waals surface area contributed by atoms with Crippen LogP contribution in [-0.4, -0.2) is 52.0 Å². The number of benzene rings is 2. The van der Waals surface area contributed by atoms with Gasteiger partial charge in [0.05, 0.1) is 11.9 Å². The number of amides is 1. The number of anilines is 1. The van der Waals surface area contributed by atoms with Crippen LogP contribution in [0.1, 0.15) is 10.5 Å². The summed E-state index contributed by atoms with van der Waals surface area (Å²) < 4.78 is 14.6. The topological polar surface area (TPSA) is 54.3 Å². The van der Waals surface area contributed by atoms with Crippen LogP contribution >= 0.6 is 11.6 Å². The van der Waals surface area contributed by atoms with Crippen molar-refractivity contribution in [3.63, 3.8) is 0 Å². The fourth-order valence-corrected chi connectivity index (χ4v) is 3.27. The van der Waals surface area contributed by atoms with Crippen molar-refractivity contribution in [2.75, 3.05) is 31.1 Å². The van der Waals surface area contributed by atoms with Crippen molar-refractivity contribution < 1.29 is 9.18 Å². The summed E-state index contributed by atoms with van der Waals surface area (Å²) in [6.45, 7) is 2.50. The molecule has 1 aromatic heterocycles. The number of nitrogens with zero attached hydrogens (tertiary/aromatic N) is 5. The van der Waals surface area contributed by atoms with Gasteiger partial charge in [-0.3, -0.25) is 4.79 Å². The molecular weight excluding hydrogens is 369 g/mol. The quantitative estimate of drug-likeness (QED) is 0.695. The third kappa shape index (κ3) is 3.78. The van der Waals surface area contributed by atoms with Gasteiger partial charge in [-0.15, -0.1) is 5.10 Å². The maximum atomic E-state index is 13.1. The van der Waals surface area contributed by atoms with Crippen LogP contribution in [0.15, 0.2) is 54.7 Å². The minimum absolute atomic E-state index is 0.151. The molecule has 0 unspecified atom stereocenters. The minimum atomic E-state index is -0.254. The lowest BCUT2D eigenvalue weighted by Gasteiger charge is -2.35. The third-order valence-electron chi connectivity index (χ3n) is 4.54. The fraction of sp³-hybridized carbons (Fsp3) is 0.211. The summed E-state index contributed by atoms with van der Waals surface area (Å²) in [5.74, 6) is -0.405. The van der Waals surface area contributed by atoms with Crippen LogP contribution in [0.4, 0.5) is 10.1 Å². The van der Waals surface area contributed by atoms with Gasteiger partial charge in [0, 0.05) is 36.9 Å². The first-order chi connectivity index (χ1) is 13.1. The lowest BCUT2D eigenvalue weighted by atomic mass is 10.2. The lowest BCUT2D eigenvalue weighted by Crippen LogP contribution is -2.48. The van der Waals surface area contributed by atoms with Gasteiger partial charge in [0.1, 0.15) is 5.82 Å². The van der Waals surface area contributed by atoms with E-state index in [4.69, 9.17) is 11.6 Å². The van der Waals surface area contributed by atoms with Gasteiger partial charge in [-0.05, 0) is 42.5 Å². The van der Waals surface area contributed by atoms with Crippen LogP contribution in [0.25, 0.3) is 5.69 Å². The molecule has 4 rings (SSSR count). The van der Waals surface area contributed by atoms with E-state index >= 15 is 0 Å². The Hall–Kier alpha value is -2.93.